The quantitative estimate of drug-likeness (QED) is 0.723. The number of likely N-dealkylation sites (tertiary alicyclic amines) is 1. The van der Waals surface area contributed by atoms with Crippen molar-refractivity contribution in [2.75, 3.05) is 19.7 Å². The van der Waals surface area contributed by atoms with Gasteiger partial charge in [-0.15, -0.1) is 0 Å². The van der Waals surface area contributed by atoms with Crippen molar-refractivity contribution >= 4 is 12.2 Å². The minimum absolute atomic E-state index is 0.118. The first-order valence-corrected chi connectivity index (χ1v) is 11.4. The zero-order valence-corrected chi connectivity index (χ0v) is 19.6. The summed E-state index contributed by atoms with van der Waals surface area (Å²) in [6, 6.07) is 15.7. The van der Waals surface area contributed by atoms with Gasteiger partial charge >= 0.3 is 12.2 Å². The summed E-state index contributed by atoms with van der Waals surface area (Å²) in [5.41, 5.74) is 2.48. The molecule has 2 heterocycles. The fourth-order valence-electron chi connectivity index (χ4n) is 4.35. The number of carbonyl (C=O) groups excluding carboxylic acids is 2. The van der Waals surface area contributed by atoms with Gasteiger partial charge in [0.05, 0.1) is 6.61 Å². The van der Waals surface area contributed by atoms with Crippen molar-refractivity contribution in [1.82, 2.24) is 10.2 Å². The maximum Gasteiger partial charge on any atom is 0.410 e. The van der Waals surface area contributed by atoms with Crippen molar-refractivity contribution in [2.45, 2.75) is 57.8 Å². The van der Waals surface area contributed by atoms with E-state index in [1.165, 1.54) is 0 Å². The monoisotopic (exact) mass is 452 g/mol. The third-order valence-corrected chi connectivity index (χ3v) is 6.14. The van der Waals surface area contributed by atoms with Crippen LogP contribution in [0.25, 0.3) is 0 Å². The highest BCUT2D eigenvalue weighted by atomic mass is 16.6. The van der Waals surface area contributed by atoms with Gasteiger partial charge in [0, 0.05) is 30.6 Å². The highest BCUT2D eigenvalue weighted by Crippen LogP contribution is 2.45. The van der Waals surface area contributed by atoms with Crippen molar-refractivity contribution in [3.8, 4) is 5.75 Å². The molecule has 2 aromatic carbocycles. The molecule has 0 bridgehead atoms. The number of amides is 2. The predicted molar refractivity (Wildman–Crippen MR) is 124 cm³/mol. The third-order valence-electron chi connectivity index (χ3n) is 6.14. The normalized spacial score (nSPS) is 16.6. The molecule has 2 aliphatic rings. The standard InChI is InChI=1S/C26H32N2O5/c1-25(2,3)33-23(29)27-16-20-9-10-22-21(15-20)26(18-32-22)11-13-28(14-12-26)24(30)31-17-19-7-5-4-6-8-19/h4-10,15H,11-14,16-18H2,1-3H3,(H,27,29). The number of alkyl carbamates (subject to hydrolysis) is 1. The molecule has 0 saturated carbocycles. The second-order valence-corrected chi connectivity index (χ2v) is 9.78. The number of hydrogen-bond acceptors (Lipinski definition) is 5. The fraction of sp³-hybridized carbons (Fsp3) is 0.462. The van der Waals surface area contributed by atoms with Crippen LogP contribution in [0.5, 0.6) is 5.75 Å². The number of nitrogens with zero attached hydrogens (tertiary/aromatic N) is 1. The van der Waals surface area contributed by atoms with E-state index in [0.29, 0.717) is 26.2 Å². The predicted octanol–water partition coefficient (Wildman–Crippen LogP) is 4.77. The molecule has 0 unspecified atom stereocenters. The van der Waals surface area contributed by atoms with Crippen LogP contribution in [-0.4, -0.2) is 42.4 Å². The van der Waals surface area contributed by atoms with Crippen molar-refractivity contribution < 1.29 is 23.8 Å². The smallest absolute Gasteiger partial charge is 0.410 e. The number of benzene rings is 2. The lowest BCUT2D eigenvalue weighted by Crippen LogP contribution is -2.46. The van der Waals surface area contributed by atoms with Gasteiger partial charge in [0.1, 0.15) is 18.0 Å². The number of nitrogens with one attached hydrogen (secondary N) is 1. The number of ether oxygens (including phenoxy) is 3. The molecule has 7 nitrogen and oxygen atoms in total. The molecular formula is C26H32N2O5. The van der Waals surface area contributed by atoms with E-state index in [-0.39, 0.29) is 18.1 Å². The maximum absolute atomic E-state index is 12.5. The molecule has 33 heavy (non-hydrogen) atoms. The Labute approximate surface area is 195 Å². The van der Waals surface area contributed by atoms with Crippen LogP contribution >= 0.6 is 0 Å². The van der Waals surface area contributed by atoms with E-state index in [1.807, 2.05) is 63.2 Å². The average Bonchev–Trinajstić information content (AvgIpc) is 3.13. The molecule has 0 radical (unpaired) electrons. The highest BCUT2D eigenvalue weighted by molar-refractivity contribution is 5.68. The first-order chi connectivity index (χ1) is 15.7. The number of hydrogen-bond donors (Lipinski definition) is 1. The summed E-state index contributed by atoms with van der Waals surface area (Å²) < 4.78 is 16.8. The van der Waals surface area contributed by atoms with Gasteiger partial charge < -0.3 is 24.4 Å². The highest BCUT2D eigenvalue weighted by Gasteiger charge is 2.44. The Kier molecular flexibility index (Phi) is 6.49. The summed E-state index contributed by atoms with van der Waals surface area (Å²) in [6.07, 6.45) is 0.909. The van der Waals surface area contributed by atoms with Crippen LogP contribution in [0.1, 0.15) is 50.3 Å². The Morgan fingerprint density at radius 2 is 1.79 bits per heavy atom. The van der Waals surface area contributed by atoms with Gasteiger partial charge in [-0.05, 0) is 56.9 Å². The molecule has 2 aliphatic heterocycles. The van der Waals surface area contributed by atoms with E-state index < -0.39 is 11.7 Å². The molecule has 1 spiro atoms. The SMILES string of the molecule is CC(C)(C)OC(=O)NCc1ccc2c(c1)C1(CCN(C(=O)OCc3ccccc3)CC1)CO2. The Bertz CT molecular complexity index is 991. The van der Waals surface area contributed by atoms with Gasteiger partial charge in [-0.1, -0.05) is 36.4 Å². The van der Waals surface area contributed by atoms with Crippen LogP contribution < -0.4 is 10.1 Å². The molecule has 1 N–H and O–H groups in total. The molecule has 0 aromatic heterocycles. The van der Waals surface area contributed by atoms with E-state index in [2.05, 4.69) is 11.4 Å². The van der Waals surface area contributed by atoms with Crippen molar-refractivity contribution in [1.29, 1.82) is 0 Å². The second-order valence-electron chi connectivity index (χ2n) is 9.78. The number of piperidine rings is 1. The maximum atomic E-state index is 12.5. The summed E-state index contributed by atoms with van der Waals surface area (Å²) in [4.78, 5) is 26.3. The minimum Gasteiger partial charge on any atom is -0.492 e. The van der Waals surface area contributed by atoms with Crippen LogP contribution in [0.4, 0.5) is 9.59 Å². The van der Waals surface area contributed by atoms with Crippen LogP contribution in [0, 0.1) is 0 Å². The lowest BCUT2D eigenvalue weighted by Gasteiger charge is -2.38. The van der Waals surface area contributed by atoms with E-state index >= 15 is 0 Å². The molecule has 1 saturated heterocycles. The van der Waals surface area contributed by atoms with Crippen LogP contribution in [0.2, 0.25) is 0 Å². The Morgan fingerprint density at radius 3 is 2.48 bits per heavy atom. The Morgan fingerprint density at radius 1 is 1.06 bits per heavy atom. The van der Waals surface area contributed by atoms with Crippen LogP contribution in [0.15, 0.2) is 48.5 Å². The number of fused-ring (bicyclic) bond motifs is 2. The van der Waals surface area contributed by atoms with Crippen molar-refractivity contribution in [3.05, 3.63) is 65.2 Å². The molecule has 7 heteroatoms. The molecule has 176 valence electrons. The number of carbonyl (C=O) groups is 2. The summed E-state index contributed by atoms with van der Waals surface area (Å²) in [5.74, 6) is 0.885. The second kappa shape index (κ2) is 9.33. The van der Waals surface area contributed by atoms with E-state index in [4.69, 9.17) is 14.2 Å². The molecule has 0 atom stereocenters. The van der Waals surface area contributed by atoms with Gasteiger partial charge in [-0.2, -0.15) is 0 Å². The van der Waals surface area contributed by atoms with Gasteiger partial charge in [-0.25, -0.2) is 9.59 Å². The van der Waals surface area contributed by atoms with Gasteiger partial charge in [0.15, 0.2) is 0 Å². The first kappa shape index (κ1) is 23.0. The fourth-order valence-corrected chi connectivity index (χ4v) is 4.35. The molecule has 2 aromatic rings. The lowest BCUT2D eigenvalue weighted by atomic mass is 9.74. The number of rotatable bonds is 4. The van der Waals surface area contributed by atoms with Crippen LogP contribution in [0.3, 0.4) is 0 Å². The van der Waals surface area contributed by atoms with Gasteiger partial charge in [0.2, 0.25) is 0 Å². The first-order valence-electron chi connectivity index (χ1n) is 11.4. The van der Waals surface area contributed by atoms with E-state index in [0.717, 1.165) is 35.3 Å². The van der Waals surface area contributed by atoms with Gasteiger partial charge in [0.25, 0.3) is 0 Å². The van der Waals surface area contributed by atoms with E-state index in [1.54, 1.807) is 4.90 Å². The summed E-state index contributed by atoms with van der Waals surface area (Å²) in [5, 5.41) is 2.82. The zero-order valence-electron chi connectivity index (χ0n) is 19.6. The molecule has 2 amide bonds. The Balaban J connectivity index is 1.34. The molecule has 0 aliphatic carbocycles. The molecular weight excluding hydrogens is 420 g/mol. The summed E-state index contributed by atoms with van der Waals surface area (Å²) in [6.45, 7) is 8.04. The Hall–Kier alpha value is -3.22. The third kappa shape index (κ3) is 5.59. The largest absolute Gasteiger partial charge is 0.492 e. The van der Waals surface area contributed by atoms with Gasteiger partial charge in [-0.3, -0.25) is 0 Å². The van der Waals surface area contributed by atoms with Crippen molar-refractivity contribution in [3.63, 3.8) is 0 Å². The summed E-state index contributed by atoms with van der Waals surface area (Å²) in [7, 11) is 0. The van der Waals surface area contributed by atoms with E-state index in [9.17, 15) is 9.59 Å². The average molecular weight is 453 g/mol. The molecule has 4 rings (SSSR count). The lowest BCUT2D eigenvalue weighted by molar-refractivity contribution is 0.0523. The zero-order chi connectivity index (χ0) is 23.5. The molecule has 1 fully saturated rings. The topological polar surface area (TPSA) is 77.1 Å². The van der Waals surface area contributed by atoms with Crippen molar-refractivity contribution in [2.24, 2.45) is 0 Å². The summed E-state index contributed by atoms with van der Waals surface area (Å²) >= 11 is 0. The van der Waals surface area contributed by atoms with Crippen LogP contribution in [-0.2, 0) is 28.0 Å². The minimum atomic E-state index is -0.532.